The molecule has 0 heterocycles. The van der Waals surface area contributed by atoms with E-state index in [2.05, 4.69) is 46.4 Å². The minimum absolute atomic E-state index is 0.0343. The maximum Gasteiger partial charge on any atom is 0.116 e. The lowest BCUT2D eigenvalue weighted by Gasteiger charge is -2.46. The van der Waals surface area contributed by atoms with Crippen LogP contribution in [0.5, 0.6) is 0 Å². The molecule has 0 spiro atoms. The standard InChI is InChI=1S/C14H31NO/c1-11(2)9-13(5,6)15(8)14(7,16)10-12(3)4/h11-12,16H,9-10H2,1-8H3. The number of nitrogens with zero attached hydrogens (tertiary/aromatic N) is 1. The molecule has 1 atom stereocenters. The Morgan fingerprint density at radius 1 is 0.938 bits per heavy atom. The van der Waals surface area contributed by atoms with Crippen LogP contribution in [0.3, 0.4) is 0 Å². The highest BCUT2D eigenvalue weighted by atomic mass is 16.3. The van der Waals surface area contributed by atoms with Crippen LogP contribution >= 0.6 is 0 Å². The Labute approximate surface area is 102 Å². The van der Waals surface area contributed by atoms with Crippen molar-refractivity contribution in [3.05, 3.63) is 0 Å². The molecule has 0 aliphatic heterocycles. The Morgan fingerprint density at radius 2 is 1.31 bits per heavy atom. The average Bonchev–Trinajstić information content (AvgIpc) is 1.97. The van der Waals surface area contributed by atoms with Crippen molar-refractivity contribution in [2.45, 2.75) is 72.6 Å². The molecule has 0 bridgehead atoms. The summed E-state index contributed by atoms with van der Waals surface area (Å²) in [5.41, 5.74) is -0.681. The summed E-state index contributed by atoms with van der Waals surface area (Å²) in [6, 6.07) is 0. The van der Waals surface area contributed by atoms with E-state index >= 15 is 0 Å². The second-order valence-electron chi connectivity index (χ2n) is 6.78. The van der Waals surface area contributed by atoms with Crippen LogP contribution in [-0.2, 0) is 0 Å². The molecule has 0 aromatic rings. The Hall–Kier alpha value is -0.0800. The van der Waals surface area contributed by atoms with Gasteiger partial charge in [-0.3, -0.25) is 4.90 Å². The van der Waals surface area contributed by atoms with Gasteiger partial charge in [0.05, 0.1) is 0 Å². The minimum Gasteiger partial charge on any atom is -0.376 e. The van der Waals surface area contributed by atoms with E-state index in [1.807, 2.05) is 14.0 Å². The van der Waals surface area contributed by atoms with Crippen molar-refractivity contribution in [2.75, 3.05) is 7.05 Å². The van der Waals surface area contributed by atoms with Gasteiger partial charge in [0.25, 0.3) is 0 Å². The summed E-state index contributed by atoms with van der Waals surface area (Å²) in [6.45, 7) is 15.1. The van der Waals surface area contributed by atoms with Gasteiger partial charge in [0.15, 0.2) is 0 Å². The van der Waals surface area contributed by atoms with E-state index in [0.29, 0.717) is 11.8 Å². The summed E-state index contributed by atoms with van der Waals surface area (Å²) in [7, 11) is 2.03. The molecule has 1 unspecified atom stereocenters. The number of hydrogen-bond acceptors (Lipinski definition) is 2. The van der Waals surface area contributed by atoms with Crippen molar-refractivity contribution >= 4 is 0 Å². The normalized spacial score (nSPS) is 17.2. The van der Waals surface area contributed by atoms with Gasteiger partial charge < -0.3 is 5.11 Å². The van der Waals surface area contributed by atoms with Gasteiger partial charge in [0, 0.05) is 5.54 Å². The maximum atomic E-state index is 10.5. The van der Waals surface area contributed by atoms with Crippen molar-refractivity contribution < 1.29 is 5.11 Å². The van der Waals surface area contributed by atoms with Crippen molar-refractivity contribution in [3.63, 3.8) is 0 Å². The molecule has 2 heteroatoms. The van der Waals surface area contributed by atoms with Crippen LogP contribution in [0.25, 0.3) is 0 Å². The lowest BCUT2D eigenvalue weighted by atomic mass is 9.88. The molecule has 0 amide bonds. The van der Waals surface area contributed by atoms with Gasteiger partial charge in [-0.25, -0.2) is 0 Å². The zero-order valence-electron chi connectivity index (χ0n) is 12.5. The smallest absolute Gasteiger partial charge is 0.116 e. The first-order valence-corrected chi connectivity index (χ1v) is 6.45. The summed E-state index contributed by atoms with van der Waals surface area (Å²) in [4.78, 5) is 2.12. The Kier molecular flexibility index (Phi) is 5.48. The first-order valence-electron chi connectivity index (χ1n) is 6.45. The van der Waals surface area contributed by atoms with E-state index in [1.54, 1.807) is 0 Å². The fourth-order valence-corrected chi connectivity index (χ4v) is 2.70. The van der Waals surface area contributed by atoms with Crippen LogP contribution in [0.1, 0.15) is 61.3 Å². The van der Waals surface area contributed by atoms with E-state index in [4.69, 9.17) is 0 Å². The lowest BCUT2D eigenvalue weighted by molar-refractivity contribution is -0.139. The van der Waals surface area contributed by atoms with Gasteiger partial charge >= 0.3 is 0 Å². The predicted octanol–water partition coefficient (Wildman–Crippen LogP) is 3.50. The van der Waals surface area contributed by atoms with Crippen molar-refractivity contribution in [1.29, 1.82) is 0 Å². The third-order valence-corrected chi connectivity index (χ3v) is 3.33. The molecule has 0 radical (unpaired) electrons. The second-order valence-corrected chi connectivity index (χ2v) is 6.78. The van der Waals surface area contributed by atoms with Gasteiger partial charge in [-0.2, -0.15) is 0 Å². The average molecular weight is 229 g/mol. The highest BCUT2D eigenvalue weighted by molar-refractivity contribution is 4.87. The van der Waals surface area contributed by atoms with Gasteiger partial charge in [-0.15, -0.1) is 0 Å². The SMILES string of the molecule is CC(C)CC(C)(C)N(C)C(C)(O)CC(C)C. The van der Waals surface area contributed by atoms with Crippen LogP contribution in [0, 0.1) is 11.8 Å². The molecule has 0 saturated heterocycles. The molecule has 0 aromatic carbocycles. The quantitative estimate of drug-likeness (QED) is 0.705. The third kappa shape index (κ3) is 4.84. The van der Waals surface area contributed by atoms with Crippen molar-refractivity contribution in [1.82, 2.24) is 4.90 Å². The van der Waals surface area contributed by atoms with E-state index < -0.39 is 5.72 Å². The molecular weight excluding hydrogens is 198 g/mol. The fourth-order valence-electron chi connectivity index (χ4n) is 2.70. The minimum atomic E-state index is -0.716. The van der Waals surface area contributed by atoms with Crippen LogP contribution in [0.15, 0.2) is 0 Å². The summed E-state index contributed by atoms with van der Waals surface area (Å²) in [5.74, 6) is 1.15. The molecular formula is C14H31NO. The first-order chi connectivity index (χ1) is 6.99. The van der Waals surface area contributed by atoms with Crippen molar-refractivity contribution in [3.8, 4) is 0 Å². The summed E-state index contributed by atoms with van der Waals surface area (Å²) in [5, 5.41) is 10.5. The predicted molar refractivity (Wildman–Crippen MR) is 71.4 cm³/mol. The van der Waals surface area contributed by atoms with Crippen LogP contribution in [-0.4, -0.2) is 28.3 Å². The topological polar surface area (TPSA) is 23.5 Å². The highest BCUT2D eigenvalue weighted by Crippen LogP contribution is 2.30. The summed E-state index contributed by atoms with van der Waals surface area (Å²) < 4.78 is 0. The molecule has 0 fully saturated rings. The number of hydrogen-bond donors (Lipinski definition) is 1. The lowest BCUT2D eigenvalue weighted by Crippen LogP contribution is -2.55. The van der Waals surface area contributed by atoms with Crippen LogP contribution in [0.4, 0.5) is 0 Å². The zero-order chi connectivity index (χ0) is 13.1. The van der Waals surface area contributed by atoms with Crippen LogP contribution in [0.2, 0.25) is 0 Å². The van der Waals surface area contributed by atoms with E-state index in [9.17, 15) is 5.11 Å². The molecule has 2 nitrogen and oxygen atoms in total. The van der Waals surface area contributed by atoms with Gasteiger partial charge in [0.1, 0.15) is 5.72 Å². The molecule has 0 saturated carbocycles. The number of aliphatic hydroxyl groups is 1. The molecule has 0 rings (SSSR count). The van der Waals surface area contributed by atoms with E-state index in [0.717, 1.165) is 12.8 Å². The molecule has 16 heavy (non-hydrogen) atoms. The fraction of sp³-hybridized carbons (Fsp3) is 1.00. The van der Waals surface area contributed by atoms with Gasteiger partial charge in [-0.1, -0.05) is 27.7 Å². The molecule has 98 valence electrons. The van der Waals surface area contributed by atoms with Crippen molar-refractivity contribution in [2.24, 2.45) is 11.8 Å². The Morgan fingerprint density at radius 3 is 1.62 bits per heavy atom. The number of rotatable bonds is 6. The molecule has 0 aromatic heterocycles. The van der Waals surface area contributed by atoms with E-state index in [1.165, 1.54) is 0 Å². The zero-order valence-corrected chi connectivity index (χ0v) is 12.5. The summed E-state index contributed by atoms with van der Waals surface area (Å²) in [6.07, 6.45) is 1.91. The largest absolute Gasteiger partial charge is 0.376 e. The maximum absolute atomic E-state index is 10.5. The first kappa shape index (κ1) is 15.9. The van der Waals surface area contributed by atoms with E-state index in [-0.39, 0.29) is 5.54 Å². The molecule has 0 aliphatic rings. The Bertz CT molecular complexity index is 185. The van der Waals surface area contributed by atoms with Gasteiger partial charge in [0.2, 0.25) is 0 Å². The van der Waals surface area contributed by atoms with Gasteiger partial charge in [-0.05, 0) is 52.5 Å². The molecule has 1 N–H and O–H groups in total. The summed E-state index contributed by atoms with van der Waals surface area (Å²) >= 11 is 0. The Balaban J connectivity index is 4.68. The molecule has 0 aliphatic carbocycles. The monoisotopic (exact) mass is 229 g/mol. The van der Waals surface area contributed by atoms with Crippen LogP contribution < -0.4 is 0 Å². The second kappa shape index (κ2) is 5.50. The highest BCUT2D eigenvalue weighted by Gasteiger charge is 2.37. The third-order valence-electron chi connectivity index (χ3n) is 3.33.